The largest absolute Gasteiger partial charge is 0.300 e. The molecule has 0 N–H and O–H groups in total. The Hall–Kier alpha value is -1.16. The summed E-state index contributed by atoms with van der Waals surface area (Å²) in [5.41, 5.74) is 1.10. The van der Waals surface area contributed by atoms with Gasteiger partial charge in [0.1, 0.15) is 5.78 Å². The third kappa shape index (κ3) is 2.99. The van der Waals surface area contributed by atoms with Crippen LogP contribution in [0.3, 0.4) is 0 Å². The maximum atomic E-state index is 12.4. The van der Waals surface area contributed by atoms with Gasteiger partial charge in [-0.3, -0.25) is 4.79 Å². The molecule has 18 heavy (non-hydrogen) atoms. The molecular weight excluding hydrogens is 248 g/mol. The third-order valence-electron chi connectivity index (χ3n) is 3.04. The minimum absolute atomic E-state index is 0.0326. The quantitative estimate of drug-likeness (QED) is 0.825. The molecule has 0 aliphatic rings. The number of benzene rings is 1. The molecule has 0 heterocycles. The highest BCUT2D eigenvalue weighted by Gasteiger charge is 2.36. The van der Waals surface area contributed by atoms with Gasteiger partial charge >= 0.3 is 0 Å². The van der Waals surface area contributed by atoms with E-state index in [4.69, 9.17) is 0 Å². The topological polar surface area (TPSA) is 51.2 Å². The first-order valence-electron chi connectivity index (χ1n) is 6.03. The summed E-state index contributed by atoms with van der Waals surface area (Å²) in [6.45, 7) is 6.62. The van der Waals surface area contributed by atoms with Crippen LogP contribution in [0.1, 0.15) is 39.7 Å². The number of hydrogen-bond acceptors (Lipinski definition) is 3. The van der Waals surface area contributed by atoms with Crippen molar-refractivity contribution in [3.8, 4) is 0 Å². The lowest BCUT2D eigenvalue weighted by Gasteiger charge is -2.23. The molecule has 1 aromatic carbocycles. The normalized spacial score (nSPS) is 12.4. The highest BCUT2D eigenvalue weighted by atomic mass is 32.2. The summed E-state index contributed by atoms with van der Waals surface area (Å²) in [4.78, 5) is 11.5. The molecule has 0 atom stereocenters. The number of sulfone groups is 1. The number of aryl methyl sites for hydroxylation is 1. The molecule has 1 aromatic rings. The number of hydrogen-bond donors (Lipinski definition) is 0. The van der Waals surface area contributed by atoms with E-state index in [1.165, 1.54) is 6.92 Å². The van der Waals surface area contributed by atoms with E-state index in [0.29, 0.717) is 0 Å². The molecule has 3 nitrogen and oxygen atoms in total. The Balaban J connectivity index is 3.16. The molecule has 0 saturated carbocycles. The predicted molar refractivity (Wildman–Crippen MR) is 72.4 cm³/mol. The molecule has 0 aliphatic heterocycles. The van der Waals surface area contributed by atoms with Crippen LogP contribution < -0.4 is 0 Å². The second-order valence-electron chi connectivity index (χ2n) is 5.14. The molecular formula is C14H20O3S. The van der Waals surface area contributed by atoms with Gasteiger partial charge in [-0.15, -0.1) is 0 Å². The molecule has 0 spiro atoms. The summed E-state index contributed by atoms with van der Waals surface area (Å²) in [5.74, 6) is -0.117. The van der Waals surface area contributed by atoms with Crippen LogP contribution in [0.25, 0.3) is 0 Å². The van der Waals surface area contributed by atoms with Crippen molar-refractivity contribution in [3.63, 3.8) is 0 Å². The van der Waals surface area contributed by atoms with Gasteiger partial charge in [-0.2, -0.15) is 0 Å². The van der Waals surface area contributed by atoms with Crippen molar-refractivity contribution in [2.24, 2.45) is 0 Å². The summed E-state index contributed by atoms with van der Waals surface area (Å²) >= 11 is 0. The Kier molecular flexibility index (Phi) is 4.32. The predicted octanol–water partition coefficient (Wildman–Crippen LogP) is 2.78. The van der Waals surface area contributed by atoms with Crippen molar-refractivity contribution in [2.45, 2.75) is 50.2 Å². The zero-order valence-corrected chi connectivity index (χ0v) is 12.2. The molecule has 0 aliphatic carbocycles. The average molecular weight is 268 g/mol. The first kappa shape index (κ1) is 14.9. The fourth-order valence-electron chi connectivity index (χ4n) is 1.92. The van der Waals surface area contributed by atoms with Gasteiger partial charge < -0.3 is 0 Å². The summed E-state index contributed by atoms with van der Waals surface area (Å²) in [6, 6.07) is 6.87. The van der Waals surface area contributed by atoms with Gasteiger partial charge in [0.15, 0.2) is 9.84 Å². The molecule has 0 unspecified atom stereocenters. The number of ketones is 1. The molecule has 1 rings (SSSR count). The standard InChI is InChI=1S/C14H20O3S/c1-5-12-6-8-13(9-7-12)18(16,17)14(3,4)10-11(2)15/h6-9H,5,10H2,1-4H3. The van der Waals surface area contributed by atoms with E-state index < -0.39 is 14.6 Å². The Morgan fingerprint density at radius 2 is 1.67 bits per heavy atom. The van der Waals surface area contributed by atoms with Crippen LogP contribution >= 0.6 is 0 Å². The van der Waals surface area contributed by atoms with Crippen LogP contribution in [0.4, 0.5) is 0 Å². The summed E-state index contributed by atoms with van der Waals surface area (Å²) < 4.78 is 23.8. The summed E-state index contributed by atoms with van der Waals surface area (Å²) in [5, 5.41) is 0. The fourth-order valence-corrected chi connectivity index (χ4v) is 3.44. The monoisotopic (exact) mass is 268 g/mol. The van der Waals surface area contributed by atoms with E-state index >= 15 is 0 Å². The van der Waals surface area contributed by atoms with E-state index in [1.807, 2.05) is 19.1 Å². The first-order chi connectivity index (χ1) is 8.20. The van der Waals surface area contributed by atoms with E-state index in [-0.39, 0.29) is 17.1 Å². The molecule has 0 radical (unpaired) electrons. The van der Waals surface area contributed by atoms with Gasteiger partial charge in [0.05, 0.1) is 9.64 Å². The van der Waals surface area contributed by atoms with Gasteiger partial charge in [-0.25, -0.2) is 8.42 Å². The van der Waals surface area contributed by atoms with Crippen LogP contribution in [0, 0.1) is 0 Å². The van der Waals surface area contributed by atoms with Crippen molar-refractivity contribution >= 4 is 15.6 Å². The van der Waals surface area contributed by atoms with E-state index in [2.05, 4.69) is 0 Å². The van der Waals surface area contributed by atoms with Crippen LogP contribution in [0.15, 0.2) is 29.2 Å². The van der Waals surface area contributed by atoms with E-state index in [9.17, 15) is 13.2 Å². The lowest BCUT2D eigenvalue weighted by atomic mass is 10.1. The first-order valence-corrected chi connectivity index (χ1v) is 7.52. The highest BCUT2D eigenvalue weighted by molar-refractivity contribution is 7.92. The van der Waals surface area contributed by atoms with Crippen LogP contribution in [-0.2, 0) is 21.1 Å². The minimum Gasteiger partial charge on any atom is -0.300 e. The van der Waals surface area contributed by atoms with Gasteiger partial charge in [-0.1, -0.05) is 19.1 Å². The number of carbonyl (C=O) groups is 1. The Morgan fingerprint density at radius 3 is 2.06 bits per heavy atom. The van der Waals surface area contributed by atoms with Crippen molar-refractivity contribution in [3.05, 3.63) is 29.8 Å². The van der Waals surface area contributed by atoms with Gasteiger partial charge in [0, 0.05) is 6.42 Å². The smallest absolute Gasteiger partial charge is 0.183 e. The molecule has 0 bridgehead atoms. The van der Waals surface area contributed by atoms with Gasteiger partial charge in [0.2, 0.25) is 0 Å². The summed E-state index contributed by atoms with van der Waals surface area (Å²) in [6.07, 6.45) is 0.905. The highest BCUT2D eigenvalue weighted by Crippen LogP contribution is 2.28. The Labute approximate surface area is 109 Å². The lowest BCUT2D eigenvalue weighted by molar-refractivity contribution is -0.117. The van der Waals surface area contributed by atoms with E-state index in [0.717, 1.165) is 12.0 Å². The lowest BCUT2D eigenvalue weighted by Crippen LogP contribution is -2.34. The number of Topliss-reactive ketones (excluding diaryl/α,β-unsaturated/α-hetero) is 1. The second-order valence-corrected chi connectivity index (χ2v) is 7.72. The average Bonchev–Trinajstić information content (AvgIpc) is 2.27. The van der Waals surface area contributed by atoms with Crippen molar-refractivity contribution in [1.29, 1.82) is 0 Å². The summed E-state index contributed by atoms with van der Waals surface area (Å²) in [7, 11) is -3.48. The maximum Gasteiger partial charge on any atom is 0.183 e. The van der Waals surface area contributed by atoms with Gasteiger partial charge in [0.25, 0.3) is 0 Å². The number of rotatable bonds is 5. The SMILES string of the molecule is CCc1ccc(S(=O)(=O)C(C)(C)CC(C)=O)cc1. The zero-order chi connectivity index (χ0) is 14.0. The minimum atomic E-state index is -3.48. The Bertz CT molecular complexity index is 525. The second kappa shape index (κ2) is 5.22. The Morgan fingerprint density at radius 1 is 1.17 bits per heavy atom. The zero-order valence-electron chi connectivity index (χ0n) is 11.4. The molecule has 0 aromatic heterocycles. The van der Waals surface area contributed by atoms with Gasteiger partial charge in [-0.05, 0) is 44.9 Å². The van der Waals surface area contributed by atoms with Crippen LogP contribution in [-0.4, -0.2) is 18.9 Å². The van der Waals surface area contributed by atoms with Crippen LogP contribution in [0.2, 0.25) is 0 Å². The van der Waals surface area contributed by atoms with Crippen LogP contribution in [0.5, 0.6) is 0 Å². The molecule has 0 amide bonds. The maximum absolute atomic E-state index is 12.4. The molecule has 100 valence electrons. The third-order valence-corrected chi connectivity index (χ3v) is 5.54. The fraction of sp³-hybridized carbons (Fsp3) is 0.500. The van der Waals surface area contributed by atoms with Crippen molar-refractivity contribution in [1.82, 2.24) is 0 Å². The molecule has 0 saturated heterocycles. The molecule has 4 heteroatoms. The van der Waals surface area contributed by atoms with Crippen molar-refractivity contribution in [2.75, 3.05) is 0 Å². The number of carbonyl (C=O) groups excluding carboxylic acids is 1. The van der Waals surface area contributed by atoms with Crippen molar-refractivity contribution < 1.29 is 13.2 Å². The molecule has 0 fully saturated rings. The van der Waals surface area contributed by atoms with E-state index in [1.54, 1.807) is 26.0 Å².